The number of carbonyl (C=O) groups is 10. The number of rotatable bonds is 5. The predicted octanol–water partition coefficient (Wildman–Crippen LogP) is -5.19. The van der Waals surface area contributed by atoms with Crippen LogP contribution in [0.1, 0.15) is 32.1 Å². The molecular weight excluding hydrogens is 913 g/mol. The molecule has 5 aliphatic carbocycles. The Morgan fingerprint density at radius 1 is 0.311 bits per heavy atom. The number of hydrogen-bond acceptors (Lipinski definition) is 25. The molecule has 0 aromatic heterocycles. The van der Waals surface area contributed by atoms with E-state index in [2.05, 4.69) is 0 Å². The van der Waals surface area contributed by atoms with Crippen molar-refractivity contribution in [2.75, 3.05) is 0 Å². The van der Waals surface area contributed by atoms with E-state index in [0.29, 0.717) is 0 Å². The number of carbonyl (C=O) groups excluding carboxylic acids is 10. The Hall–Kier alpha value is -8.16. The number of carboxylic acids is 5. The number of aliphatic carboxylic acids is 5. The minimum atomic E-state index is -1.78. The zero-order valence-corrected chi connectivity index (χ0v) is 32.2. The van der Waals surface area contributed by atoms with Gasteiger partial charge < -0.3 is 101 Å². The van der Waals surface area contributed by atoms with E-state index in [9.17, 15) is 73.5 Å². The summed E-state index contributed by atoms with van der Waals surface area (Å²) in [5, 5.41) is 140. The predicted molar refractivity (Wildman–Crippen MR) is 175 cm³/mol. The molecule has 0 heterocycles. The molecule has 0 fully saturated rings. The first-order valence-electron chi connectivity index (χ1n) is 15.6. The van der Waals surface area contributed by atoms with E-state index in [1.165, 1.54) is 0 Å². The summed E-state index contributed by atoms with van der Waals surface area (Å²) in [5.74, 6) is -20.4. The van der Waals surface area contributed by atoms with Crippen molar-refractivity contribution in [1.82, 2.24) is 0 Å². The first-order valence-corrected chi connectivity index (χ1v) is 15.6. The van der Waals surface area contributed by atoms with Gasteiger partial charge in [-0.05, 0) is 30.4 Å². The van der Waals surface area contributed by atoms with Crippen LogP contribution in [0.5, 0.6) is 0 Å². The number of aliphatic hydroxyl groups excluding tert-OH is 10. The summed E-state index contributed by atoms with van der Waals surface area (Å²) in [6.45, 7) is 0. The van der Waals surface area contributed by atoms with Crippen molar-refractivity contribution in [3.63, 3.8) is 0 Å². The zero-order valence-electron chi connectivity index (χ0n) is 30.0. The molecule has 5 rings (SSSR count). The zero-order chi connectivity index (χ0) is 46.5. The maximum atomic E-state index is 10.8. The molecule has 0 bridgehead atoms. The van der Waals surface area contributed by atoms with Crippen LogP contribution in [-0.2, 0) is 70.3 Å². The van der Waals surface area contributed by atoms with E-state index in [0.717, 1.165) is 30.4 Å². The molecule has 0 saturated carbocycles. The number of Topliss-reactive ketones (excluding diaryl/α,β-unsaturated/α-hetero) is 5. The van der Waals surface area contributed by atoms with E-state index >= 15 is 0 Å². The van der Waals surface area contributed by atoms with Crippen LogP contribution in [0.15, 0.2) is 116 Å². The molecule has 0 radical (unpaired) electrons. The Morgan fingerprint density at radius 3 is 0.508 bits per heavy atom. The fourth-order valence-corrected chi connectivity index (χ4v) is 4.29. The average molecular weight is 938 g/mol. The SMILES string of the molecule is O=C([O-])C1=C(O)C(O)=CCC1=O.O=C([O-])C1=C(O)C(O)=CCC1=O.O=C([O-])C1=C(O)C(O)=CCC1=O.O=C([O-])C1=C(O)C(O)=CCC1=O.O=C([O-])C1=C(O)C(O)=CCC1=O.[Nb+5]. The van der Waals surface area contributed by atoms with Gasteiger partial charge in [0.05, 0.1) is 57.7 Å². The molecule has 320 valence electrons. The molecule has 0 atom stereocenters. The van der Waals surface area contributed by atoms with Crippen molar-refractivity contribution in [3.8, 4) is 0 Å². The van der Waals surface area contributed by atoms with Gasteiger partial charge in [-0.3, -0.25) is 24.0 Å². The molecule has 25 nitrogen and oxygen atoms in total. The van der Waals surface area contributed by atoms with Gasteiger partial charge in [0.15, 0.2) is 86.5 Å². The summed E-state index contributed by atoms with van der Waals surface area (Å²) in [6, 6.07) is 0. The smallest absolute Gasteiger partial charge is 0.545 e. The number of hydrogen-bond donors (Lipinski definition) is 10. The summed E-state index contributed by atoms with van der Waals surface area (Å²) >= 11 is 0. The topological polar surface area (TPSA) is 488 Å². The molecule has 26 heteroatoms. The second-order valence-corrected chi connectivity index (χ2v) is 11.1. The molecule has 0 aromatic rings. The van der Waals surface area contributed by atoms with Gasteiger partial charge in [-0.25, -0.2) is 0 Å². The van der Waals surface area contributed by atoms with Gasteiger partial charge in [-0.1, -0.05) is 0 Å². The molecular formula is C35H25NbO25. The Kier molecular flexibility index (Phi) is 19.7. The van der Waals surface area contributed by atoms with Crippen molar-refractivity contribution < 1.29 is 147 Å². The molecule has 10 N–H and O–H groups in total. The van der Waals surface area contributed by atoms with Crippen LogP contribution in [0.2, 0.25) is 0 Å². The third-order valence-corrected chi connectivity index (χ3v) is 7.22. The monoisotopic (exact) mass is 938 g/mol. The van der Waals surface area contributed by atoms with E-state index in [4.69, 9.17) is 51.1 Å². The van der Waals surface area contributed by atoms with Crippen LogP contribution in [0.25, 0.3) is 0 Å². The summed E-state index contributed by atoms with van der Waals surface area (Å²) in [7, 11) is 0. The second-order valence-electron chi connectivity index (χ2n) is 11.1. The molecule has 0 amide bonds. The average Bonchev–Trinajstić information content (AvgIpc) is 3.14. The Labute approximate surface area is 352 Å². The maximum Gasteiger partial charge on any atom is 5.00 e. The van der Waals surface area contributed by atoms with Gasteiger partial charge in [0.25, 0.3) is 0 Å². The van der Waals surface area contributed by atoms with Gasteiger partial charge in [0, 0.05) is 32.1 Å². The third kappa shape index (κ3) is 13.7. The van der Waals surface area contributed by atoms with E-state index in [-0.39, 0.29) is 54.5 Å². The van der Waals surface area contributed by atoms with Crippen molar-refractivity contribution in [1.29, 1.82) is 0 Å². The third-order valence-electron chi connectivity index (χ3n) is 7.22. The van der Waals surface area contributed by atoms with Gasteiger partial charge >= 0.3 is 22.4 Å². The molecule has 0 aromatic carbocycles. The Balaban J connectivity index is 0.000000735. The van der Waals surface area contributed by atoms with Gasteiger partial charge in [-0.15, -0.1) is 0 Å². The van der Waals surface area contributed by atoms with Crippen molar-refractivity contribution in [2.24, 2.45) is 0 Å². The number of ketones is 5. The summed E-state index contributed by atoms with van der Waals surface area (Å²) in [6.07, 6.45) is 3.97. The van der Waals surface area contributed by atoms with Crippen molar-refractivity contribution >= 4 is 58.8 Å². The van der Waals surface area contributed by atoms with Crippen molar-refractivity contribution in [2.45, 2.75) is 32.1 Å². The fraction of sp³-hybridized carbons (Fsp3) is 0.143. The van der Waals surface area contributed by atoms with E-state index in [1.54, 1.807) is 0 Å². The summed E-state index contributed by atoms with van der Waals surface area (Å²) in [5.41, 5.74) is -4.33. The van der Waals surface area contributed by atoms with Crippen LogP contribution < -0.4 is 25.5 Å². The minimum absolute atomic E-state index is 0. The minimum Gasteiger partial charge on any atom is -0.545 e. The van der Waals surface area contributed by atoms with Gasteiger partial charge in [-0.2, -0.15) is 0 Å². The molecule has 5 aliphatic rings. The Bertz CT molecular complexity index is 1930. The Morgan fingerprint density at radius 2 is 0.426 bits per heavy atom. The quantitative estimate of drug-likeness (QED) is 0.0910. The van der Waals surface area contributed by atoms with Crippen molar-refractivity contribution in [3.05, 3.63) is 116 Å². The molecule has 0 unspecified atom stereocenters. The van der Waals surface area contributed by atoms with E-state index in [1.807, 2.05) is 0 Å². The largest absolute Gasteiger partial charge is 5.00 e. The van der Waals surface area contributed by atoms with Gasteiger partial charge in [0.2, 0.25) is 0 Å². The number of allylic oxidation sites excluding steroid dienone is 5. The number of carboxylic acid groups (broad SMARTS) is 5. The van der Waals surface area contributed by atoms with Crippen LogP contribution in [0.4, 0.5) is 0 Å². The maximum absolute atomic E-state index is 10.8. The van der Waals surface area contributed by atoms with E-state index < -0.39 is 144 Å². The standard InChI is InChI=1S/5C7H6O5.Nb/c5*8-3-1-2-4(9)6(10)5(3)7(11)12;/h5*2,9-10H,1H2,(H,11,12);/q;;;;;+5/p-5. The fourth-order valence-electron chi connectivity index (χ4n) is 4.29. The molecule has 61 heavy (non-hydrogen) atoms. The molecule has 0 saturated heterocycles. The molecule has 0 aliphatic heterocycles. The summed E-state index contributed by atoms with van der Waals surface area (Å²) < 4.78 is 0. The normalized spacial score (nSPS) is 17.4. The van der Waals surface area contributed by atoms with Crippen LogP contribution in [0, 0.1) is 0 Å². The van der Waals surface area contributed by atoms with Crippen LogP contribution >= 0.6 is 0 Å². The second kappa shape index (κ2) is 22.7. The van der Waals surface area contributed by atoms with Gasteiger partial charge in [0.1, 0.15) is 0 Å². The molecule has 0 spiro atoms. The first kappa shape index (κ1) is 52.8. The summed E-state index contributed by atoms with van der Waals surface area (Å²) in [4.78, 5) is 105. The van der Waals surface area contributed by atoms with Crippen LogP contribution in [0.3, 0.4) is 0 Å². The van der Waals surface area contributed by atoms with Crippen LogP contribution in [-0.4, -0.2) is 110 Å². The number of aliphatic hydroxyl groups is 10. The first-order chi connectivity index (χ1) is 27.7.